The molecule has 0 aliphatic rings. The molecule has 1 heterocycles. The highest BCUT2D eigenvalue weighted by Crippen LogP contribution is 2.05. The second kappa shape index (κ2) is 5.78. The van der Waals surface area contributed by atoms with Crippen LogP contribution in [-0.2, 0) is 6.54 Å². The minimum atomic E-state index is 0.779. The lowest BCUT2D eigenvalue weighted by Crippen LogP contribution is -2.15. The standard InChI is InChI=1S/C10H18N2O/c1-9-4-5-10(13-9)8-12-7-3-2-6-11/h4-5,12H,2-3,6-8,11H2,1H3. The van der Waals surface area contributed by atoms with Crippen molar-refractivity contribution in [3.8, 4) is 0 Å². The number of furan rings is 1. The van der Waals surface area contributed by atoms with E-state index in [0.29, 0.717) is 0 Å². The predicted octanol–water partition coefficient (Wildman–Crippen LogP) is 1.42. The van der Waals surface area contributed by atoms with Crippen molar-refractivity contribution in [1.82, 2.24) is 5.32 Å². The Hall–Kier alpha value is -0.800. The van der Waals surface area contributed by atoms with E-state index in [1.54, 1.807) is 0 Å². The Bertz CT molecular complexity index is 233. The molecule has 1 rings (SSSR count). The highest BCUT2D eigenvalue weighted by Gasteiger charge is 1.96. The first kappa shape index (κ1) is 10.3. The van der Waals surface area contributed by atoms with Gasteiger partial charge in [-0.1, -0.05) is 0 Å². The number of nitrogens with two attached hydrogens (primary N) is 1. The molecule has 0 aliphatic carbocycles. The maximum absolute atomic E-state index is 5.40. The van der Waals surface area contributed by atoms with Crippen molar-refractivity contribution < 1.29 is 4.42 Å². The van der Waals surface area contributed by atoms with E-state index in [-0.39, 0.29) is 0 Å². The number of hydrogen-bond acceptors (Lipinski definition) is 3. The van der Waals surface area contributed by atoms with Crippen molar-refractivity contribution in [1.29, 1.82) is 0 Å². The van der Waals surface area contributed by atoms with Crippen LogP contribution in [0.4, 0.5) is 0 Å². The lowest BCUT2D eigenvalue weighted by molar-refractivity contribution is 0.459. The topological polar surface area (TPSA) is 51.2 Å². The molecular weight excluding hydrogens is 164 g/mol. The number of nitrogens with one attached hydrogen (secondary N) is 1. The van der Waals surface area contributed by atoms with Crippen molar-refractivity contribution in [2.75, 3.05) is 13.1 Å². The normalized spacial score (nSPS) is 10.6. The zero-order valence-electron chi connectivity index (χ0n) is 8.18. The van der Waals surface area contributed by atoms with E-state index in [1.165, 1.54) is 0 Å². The van der Waals surface area contributed by atoms with E-state index in [0.717, 1.165) is 44.0 Å². The fourth-order valence-electron chi connectivity index (χ4n) is 1.19. The van der Waals surface area contributed by atoms with Gasteiger partial charge in [0.15, 0.2) is 0 Å². The summed E-state index contributed by atoms with van der Waals surface area (Å²) in [7, 11) is 0. The Balaban J connectivity index is 2.06. The Morgan fingerprint density at radius 3 is 2.85 bits per heavy atom. The van der Waals surface area contributed by atoms with Crippen LogP contribution in [0.1, 0.15) is 24.4 Å². The van der Waals surface area contributed by atoms with Gasteiger partial charge in [-0.25, -0.2) is 0 Å². The van der Waals surface area contributed by atoms with Crippen LogP contribution in [0.15, 0.2) is 16.5 Å². The second-order valence-corrected chi connectivity index (χ2v) is 3.18. The van der Waals surface area contributed by atoms with Crippen LogP contribution < -0.4 is 11.1 Å². The van der Waals surface area contributed by atoms with E-state index in [4.69, 9.17) is 10.2 Å². The molecule has 0 bridgehead atoms. The third kappa shape index (κ3) is 4.10. The number of unbranched alkanes of at least 4 members (excludes halogenated alkanes) is 1. The quantitative estimate of drug-likeness (QED) is 0.654. The molecule has 0 aromatic carbocycles. The molecule has 3 nitrogen and oxygen atoms in total. The molecule has 3 N–H and O–H groups in total. The first-order valence-corrected chi connectivity index (χ1v) is 4.79. The van der Waals surface area contributed by atoms with Gasteiger partial charge in [-0.05, 0) is 45.0 Å². The molecule has 0 saturated heterocycles. The first-order chi connectivity index (χ1) is 6.33. The van der Waals surface area contributed by atoms with Gasteiger partial charge in [-0.3, -0.25) is 0 Å². The van der Waals surface area contributed by atoms with Crippen LogP contribution in [0.25, 0.3) is 0 Å². The van der Waals surface area contributed by atoms with Crippen LogP contribution in [0.2, 0.25) is 0 Å². The number of aryl methyl sites for hydroxylation is 1. The highest BCUT2D eigenvalue weighted by molar-refractivity contribution is 5.04. The van der Waals surface area contributed by atoms with Crippen molar-refractivity contribution in [3.63, 3.8) is 0 Å². The van der Waals surface area contributed by atoms with Crippen LogP contribution in [0.3, 0.4) is 0 Å². The Morgan fingerprint density at radius 1 is 1.38 bits per heavy atom. The molecule has 0 saturated carbocycles. The molecule has 0 amide bonds. The number of rotatable bonds is 6. The number of hydrogen-bond donors (Lipinski definition) is 2. The Labute approximate surface area is 79.3 Å². The van der Waals surface area contributed by atoms with E-state index in [2.05, 4.69) is 5.32 Å². The van der Waals surface area contributed by atoms with E-state index in [1.807, 2.05) is 19.1 Å². The second-order valence-electron chi connectivity index (χ2n) is 3.18. The Kier molecular flexibility index (Phi) is 4.57. The van der Waals surface area contributed by atoms with Crippen molar-refractivity contribution in [2.45, 2.75) is 26.3 Å². The fourth-order valence-corrected chi connectivity index (χ4v) is 1.19. The van der Waals surface area contributed by atoms with Gasteiger partial charge >= 0.3 is 0 Å². The predicted molar refractivity (Wildman–Crippen MR) is 53.4 cm³/mol. The summed E-state index contributed by atoms with van der Waals surface area (Å²) in [5, 5.41) is 3.30. The Morgan fingerprint density at radius 2 is 2.23 bits per heavy atom. The largest absolute Gasteiger partial charge is 0.465 e. The summed E-state index contributed by atoms with van der Waals surface area (Å²) in [6, 6.07) is 3.99. The highest BCUT2D eigenvalue weighted by atomic mass is 16.3. The molecule has 0 fully saturated rings. The summed E-state index contributed by atoms with van der Waals surface area (Å²) in [5.74, 6) is 1.98. The summed E-state index contributed by atoms with van der Waals surface area (Å²) >= 11 is 0. The molecule has 0 spiro atoms. The van der Waals surface area contributed by atoms with Crippen LogP contribution in [0, 0.1) is 6.92 Å². The van der Waals surface area contributed by atoms with Crippen molar-refractivity contribution in [2.24, 2.45) is 5.73 Å². The van der Waals surface area contributed by atoms with Crippen LogP contribution >= 0.6 is 0 Å². The molecule has 0 radical (unpaired) electrons. The molecule has 0 unspecified atom stereocenters. The summed E-state index contributed by atoms with van der Waals surface area (Å²) in [6.45, 7) is 4.56. The molecule has 74 valence electrons. The zero-order valence-corrected chi connectivity index (χ0v) is 8.18. The van der Waals surface area contributed by atoms with Gasteiger partial charge in [0.05, 0.1) is 6.54 Å². The summed E-state index contributed by atoms with van der Waals surface area (Å²) < 4.78 is 5.40. The van der Waals surface area contributed by atoms with Gasteiger partial charge < -0.3 is 15.5 Å². The first-order valence-electron chi connectivity index (χ1n) is 4.79. The summed E-state index contributed by atoms with van der Waals surface area (Å²) in [5.41, 5.74) is 5.38. The minimum absolute atomic E-state index is 0.779. The monoisotopic (exact) mass is 182 g/mol. The smallest absolute Gasteiger partial charge is 0.117 e. The molecule has 3 heteroatoms. The average Bonchev–Trinajstić information content (AvgIpc) is 2.51. The molecule has 1 aromatic rings. The van der Waals surface area contributed by atoms with Crippen LogP contribution in [-0.4, -0.2) is 13.1 Å². The van der Waals surface area contributed by atoms with E-state index in [9.17, 15) is 0 Å². The van der Waals surface area contributed by atoms with E-state index >= 15 is 0 Å². The van der Waals surface area contributed by atoms with Gasteiger partial charge in [0, 0.05) is 0 Å². The molecular formula is C10H18N2O. The van der Waals surface area contributed by atoms with Gasteiger partial charge in [0.2, 0.25) is 0 Å². The average molecular weight is 182 g/mol. The minimum Gasteiger partial charge on any atom is -0.465 e. The molecule has 1 aromatic heterocycles. The van der Waals surface area contributed by atoms with Crippen molar-refractivity contribution >= 4 is 0 Å². The van der Waals surface area contributed by atoms with Gasteiger partial charge in [0.1, 0.15) is 11.5 Å². The SMILES string of the molecule is Cc1ccc(CNCCCCN)o1. The zero-order chi connectivity index (χ0) is 9.52. The fraction of sp³-hybridized carbons (Fsp3) is 0.600. The molecule has 13 heavy (non-hydrogen) atoms. The molecule has 0 aliphatic heterocycles. The van der Waals surface area contributed by atoms with Crippen molar-refractivity contribution in [3.05, 3.63) is 23.7 Å². The molecule has 0 atom stereocenters. The summed E-state index contributed by atoms with van der Waals surface area (Å²) in [4.78, 5) is 0. The third-order valence-electron chi connectivity index (χ3n) is 1.90. The van der Waals surface area contributed by atoms with Gasteiger partial charge in [-0.2, -0.15) is 0 Å². The maximum atomic E-state index is 5.40. The maximum Gasteiger partial charge on any atom is 0.117 e. The lowest BCUT2D eigenvalue weighted by atomic mass is 10.3. The third-order valence-corrected chi connectivity index (χ3v) is 1.90. The lowest BCUT2D eigenvalue weighted by Gasteiger charge is -2.00. The van der Waals surface area contributed by atoms with Gasteiger partial charge in [0.25, 0.3) is 0 Å². The van der Waals surface area contributed by atoms with E-state index < -0.39 is 0 Å². The van der Waals surface area contributed by atoms with Crippen LogP contribution in [0.5, 0.6) is 0 Å². The summed E-state index contributed by atoms with van der Waals surface area (Å²) in [6.07, 6.45) is 2.22. The van der Waals surface area contributed by atoms with Gasteiger partial charge in [-0.15, -0.1) is 0 Å².